The van der Waals surface area contributed by atoms with E-state index in [2.05, 4.69) is 10.6 Å². The molecule has 2 aromatic rings. The molecule has 0 aliphatic carbocycles. The monoisotopic (exact) mass is 413 g/mol. The van der Waals surface area contributed by atoms with Crippen molar-refractivity contribution in [2.45, 2.75) is 26.2 Å². The lowest BCUT2D eigenvalue weighted by Crippen LogP contribution is -2.43. The molecule has 0 radical (unpaired) electrons. The van der Waals surface area contributed by atoms with Crippen LogP contribution in [-0.4, -0.2) is 45.1 Å². The summed E-state index contributed by atoms with van der Waals surface area (Å²) in [4.78, 5) is 27.3. The van der Waals surface area contributed by atoms with E-state index in [0.29, 0.717) is 24.7 Å². The van der Waals surface area contributed by atoms with Crippen molar-refractivity contribution in [2.24, 2.45) is 0 Å². The third kappa shape index (κ3) is 4.90. The Balaban J connectivity index is 1.75. The largest absolute Gasteiger partial charge is 0.497 e. The van der Waals surface area contributed by atoms with Crippen LogP contribution in [0.2, 0.25) is 0 Å². The van der Waals surface area contributed by atoms with E-state index in [1.54, 1.807) is 36.3 Å². The number of anilines is 2. The molecule has 0 saturated heterocycles. The molecule has 0 fully saturated rings. The molecular weight excluding hydrogens is 386 g/mol. The summed E-state index contributed by atoms with van der Waals surface area (Å²) in [5.41, 5.74) is 2.03. The molecule has 0 spiro atoms. The lowest BCUT2D eigenvalue weighted by atomic mass is 10.1. The molecule has 3 amide bonds. The zero-order valence-corrected chi connectivity index (χ0v) is 17.4. The Bertz CT molecular complexity index is 883. The van der Waals surface area contributed by atoms with Crippen LogP contribution in [0.3, 0.4) is 0 Å². The van der Waals surface area contributed by atoms with Gasteiger partial charge in [0.15, 0.2) is 6.29 Å². The first-order chi connectivity index (χ1) is 14.6. The van der Waals surface area contributed by atoms with Crippen molar-refractivity contribution in [2.75, 3.05) is 37.1 Å². The number of methoxy groups -OCH3 is 1. The highest BCUT2D eigenvalue weighted by Crippen LogP contribution is 2.36. The summed E-state index contributed by atoms with van der Waals surface area (Å²) in [5.74, 6) is 0.389. The minimum atomic E-state index is -0.796. The molecule has 1 aliphatic rings. The third-order valence-electron chi connectivity index (χ3n) is 4.69. The molecule has 0 saturated carbocycles. The average Bonchev–Trinajstić information content (AvgIpc) is 3.00. The Labute approximate surface area is 176 Å². The summed E-state index contributed by atoms with van der Waals surface area (Å²) < 4.78 is 16.4. The molecule has 3 rings (SSSR count). The molecule has 8 nitrogen and oxygen atoms in total. The molecule has 30 heavy (non-hydrogen) atoms. The van der Waals surface area contributed by atoms with Crippen LogP contribution < -0.4 is 20.3 Å². The van der Waals surface area contributed by atoms with Crippen LogP contribution in [-0.2, 0) is 14.3 Å². The van der Waals surface area contributed by atoms with Gasteiger partial charge in [-0.25, -0.2) is 4.79 Å². The van der Waals surface area contributed by atoms with Gasteiger partial charge in [-0.1, -0.05) is 24.3 Å². The average molecular weight is 413 g/mol. The number of carbonyl (C=O) groups is 2. The first kappa shape index (κ1) is 21.6. The Morgan fingerprint density at radius 3 is 2.53 bits per heavy atom. The van der Waals surface area contributed by atoms with Gasteiger partial charge in [0.25, 0.3) is 5.91 Å². The van der Waals surface area contributed by atoms with Crippen LogP contribution in [0.5, 0.6) is 5.75 Å². The van der Waals surface area contributed by atoms with E-state index in [9.17, 15) is 9.59 Å². The number of ether oxygens (including phenoxy) is 3. The van der Waals surface area contributed by atoms with Gasteiger partial charge in [-0.05, 0) is 32.0 Å². The predicted molar refractivity (Wildman–Crippen MR) is 114 cm³/mol. The molecule has 1 heterocycles. The van der Waals surface area contributed by atoms with E-state index in [1.165, 1.54) is 0 Å². The summed E-state index contributed by atoms with van der Waals surface area (Å²) in [5, 5.41) is 5.52. The zero-order valence-electron chi connectivity index (χ0n) is 17.4. The number of benzene rings is 2. The number of rotatable bonds is 9. The smallest absolute Gasteiger partial charge is 0.320 e. The van der Waals surface area contributed by atoms with Gasteiger partial charge >= 0.3 is 6.03 Å². The van der Waals surface area contributed by atoms with Crippen molar-refractivity contribution in [3.8, 4) is 5.75 Å². The van der Waals surface area contributed by atoms with E-state index < -0.39 is 18.4 Å². The van der Waals surface area contributed by atoms with Crippen LogP contribution in [0.15, 0.2) is 48.5 Å². The maximum atomic E-state index is 13.1. The second-order valence-electron chi connectivity index (χ2n) is 6.61. The van der Waals surface area contributed by atoms with Crippen LogP contribution in [0.1, 0.15) is 25.5 Å². The fraction of sp³-hybridized carbons (Fsp3) is 0.364. The van der Waals surface area contributed by atoms with Crippen LogP contribution in [0.25, 0.3) is 0 Å². The van der Waals surface area contributed by atoms with E-state index in [-0.39, 0.29) is 12.5 Å². The maximum absolute atomic E-state index is 13.1. The minimum absolute atomic E-state index is 0.235. The van der Waals surface area contributed by atoms with E-state index in [1.807, 2.05) is 38.1 Å². The van der Waals surface area contributed by atoms with Crippen LogP contribution >= 0.6 is 0 Å². The quantitative estimate of drug-likeness (QED) is 0.616. The van der Waals surface area contributed by atoms with Gasteiger partial charge in [0.2, 0.25) is 0 Å². The fourth-order valence-electron chi connectivity index (χ4n) is 3.39. The molecule has 1 aliphatic heterocycles. The Morgan fingerprint density at radius 2 is 1.83 bits per heavy atom. The molecule has 1 atom stereocenters. The molecular formula is C22H27N3O5. The van der Waals surface area contributed by atoms with Gasteiger partial charge in [0.05, 0.1) is 13.7 Å². The zero-order chi connectivity index (χ0) is 21.5. The summed E-state index contributed by atoms with van der Waals surface area (Å²) in [6.45, 7) is 4.93. The first-order valence-corrected chi connectivity index (χ1v) is 9.92. The number of nitrogens with one attached hydrogen (secondary N) is 2. The number of hydrogen-bond acceptors (Lipinski definition) is 5. The van der Waals surface area contributed by atoms with Crippen molar-refractivity contribution in [3.63, 3.8) is 0 Å². The summed E-state index contributed by atoms with van der Waals surface area (Å²) in [7, 11) is 1.56. The Kier molecular flexibility index (Phi) is 7.26. The summed E-state index contributed by atoms with van der Waals surface area (Å²) >= 11 is 0. The number of carbonyl (C=O) groups excluding carboxylic acids is 2. The van der Waals surface area contributed by atoms with Gasteiger partial charge in [-0.3, -0.25) is 4.79 Å². The van der Waals surface area contributed by atoms with Gasteiger partial charge in [0, 0.05) is 36.2 Å². The lowest BCUT2D eigenvalue weighted by molar-refractivity contribution is -0.135. The summed E-state index contributed by atoms with van der Waals surface area (Å²) in [6, 6.07) is 13.1. The fourth-order valence-corrected chi connectivity index (χ4v) is 3.39. The van der Waals surface area contributed by atoms with Crippen LogP contribution in [0.4, 0.5) is 16.2 Å². The first-order valence-electron chi connectivity index (χ1n) is 9.92. The van der Waals surface area contributed by atoms with Crippen LogP contribution in [0, 0.1) is 0 Å². The lowest BCUT2D eigenvalue weighted by Gasteiger charge is -2.24. The highest BCUT2D eigenvalue weighted by Gasteiger charge is 2.39. The predicted octanol–water partition coefficient (Wildman–Crippen LogP) is 3.30. The second kappa shape index (κ2) is 10.1. The Hall–Kier alpha value is -3.10. The third-order valence-corrected chi connectivity index (χ3v) is 4.69. The molecule has 1 unspecified atom stereocenters. The standard InChI is InChI=1S/C22H27N3O5/c1-4-29-19(30-5-2)14-25-18-12-7-6-11-17(18)20(21(25)26)24-22(27)23-15-9-8-10-16(13-15)28-3/h6-13,19-20H,4-5,14H2,1-3H3,(H2,23,24,27). The van der Waals surface area contributed by atoms with Gasteiger partial charge in [-0.2, -0.15) is 0 Å². The van der Waals surface area contributed by atoms with Gasteiger partial charge in [0.1, 0.15) is 11.8 Å². The van der Waals surface area contributed by atoms with Gasteiger partial charge in [-0.15, -0.1) is 0 Å². The maximum Gasteiger partial charge on any atom is 0.320 e. The number of nitrogens with zero attached hydrogens (tertiary/aromatic N) is 1. The van der Waals surface area contributed by atoms with Crippen molar-refractivity contribution in [1.29, 1.82) is 0 Å². The van der Waals surface area contributed by atoms with Crippen molar-refractivity contribution < 1.29 is 23.8 Å². The summed E-state index contributed by atoms with van der Waals surface area (Å²) in [6.07, 6.45) is -0.540. The van der Waals surface area contributed by atoms with Crippen molar-refractivity contribution >= 4 is 23.3 Å². The topological polar surface area (TPSA) is 89.1 Å². The van der Waals surface area contributed by atoms with E-state index >= 15 is 0 Å². The number of fused-ring (bicyclic) bond motifs is 1. The van der Waals surface area contributed by atoms with Crippen molar-refractivity contribution in [1.82, 2.24) is 5.32 Å². The molecule has 0 aromatic heterocycles. The molecule has 2 aromatic carbocycles. The molecule has 160 valence electrons. The Morgan fingerprint density at radius 1 is 1.10 bits per heavy atom. The highest BCUT2D eigenvalue weighted by atomic mass is 16.7. The minimum Gasteiger partial charge on any atom is -0.497 e. The molecule has 0 bridgehead atoms. The van der Waals surface area contributed by atoms with Gasteiger partial charge < -0.3 is 29.7 Å². The number of urea groups is 1. The second-order valence-corrected chi connectivity index (χ2v) is 6.61. The normalized spacial score (nSPS) is 15.3. The SMILES string of the molecule is CCOC(CN1C(=O)C(NC(=O)Nc2cccc(OC)c2)c2ccccc21)OCC. The molecule has 2 N–H and O–H groups in total. The number of hydrogen-bond donors (Lipinski definition) is 2. The number of amides is 3. The van der Waals surface area contributed by atoms with E-state index in [0.717, 1.165) is 11.3 Å². The number of para-hydroxylation sites is 1. The highest BCUT2D eigenvalue weighted by molar-refractivity contribution is 6.07. The molecule has 8 heteroatoms. The van der Waals surface area contributed by atoms with Crippen molar-refractivity contribution in [3.05, 3.63) is 54.1 Å². The van der Waals surface area contributed by atoms with E-state index in [4.69, 9.17) is 14.2 Å².